The Kier molecular flexibility index (Phi) is 3.10. The third-order valence-corrected chi connectivity index (χ3v) is 4.47. The lowest BCUT2D eigenvalue weighted by Crippen LogP contribution is -2.38. The van der Waals surface area contributed by atoms with Crippen molar-refractivity contribution in [3.05, 3.63) is 59.9 Å². The number of anilines is 1. The van der Waals surface area contributed by atoms with Crippen LogP contribution >= 0.6 is 0 Å². The Balaban J connectivity index is 2.04. The Morgan fingerprint density at radius 2 is 1.90 bits per heavy atom. The van der Waals surface area contributed by atoms with E-state index < -0.39 is 21.8 Å². The molecule has 0 aromatic heterocycles. The van der Waals surface area contributed by atoms with E-state index in [1.807, 2.05) is 30.3 Å². The molecule has 104 valence electrons. The molecule has 1 aliphatic heterocycles. The summed E-state index contributed by atoms with van der Waals surface area (Å²) < 4.78 is 43.8. The fraction of sp³-hybridized carbons (Fsp3) is 0.143. The van der Waals surface area contributed by atoms with Crippen LogP contribution in [-0.4, -0.2) is 14.4 Å². The summed E-state index contributed by atoms with van der Waals surface area (Å²) in [6.45, 7) is 0.200. The van der Waals surface area contributed by atoms with Gasteiger partial charge in [-0.2, -0.15) is 0 Å². The van der Waals surface area contributed by atoms with Crippen molar-refractivity contribution < 1.29 is 17.5 Å². The number of halogens is 1. The molecule has 0 spiro atoms. The van der Waals surface area contributed by atoms with Crippen molar-refractivity contribution in [1.82, 2.24) is 0 Å². The predicted octanol–water partition coefficient (Wildman–Crippen LogP) is 2.51. The maximum atomic E-state index is 13.2. The number of nitrogens with zero attached hydrogens (tertiary/aromatic N) is 1. The SMILES string of the molecule is O=S1(=O)COc2cc(F)ccc2N1Cc1ccccc1. The smallest absolute Gasteiger partial charge is 0.271 e. The summed E-state index contributed by atoms with van der Waals surface area (Å²) in [6, 6.07) is 13.1. The van der Waals surface area contributed by atoms with Crippen LogP contribution < -0.4 is 9.04 Å². The maximum Gasteiger partial charge on any atom is 0.271 e. The van der Waals surface area contributed by atoms with Crippen molar-refractivity contribution in [3.63, 3.8) is 0 Å². The van der Waals surface area contributed by atoms with E-state index in [-0.39, 0.29) is 12.3 Å². The summed E-state index contributed by atoms with van der Waals surface area (Å²) >= 11 is 0. The minimum Gasteiger partial charge on any atom is -0.473 e. The molecule has 20 heavy (non-hydrogen) atoms. The molecule has 1 aliphatic rings. The van der Waals surface area contributed by atoms with Crippen molar-refractivity contribution in [2.75, 3.05) is 10.2 Å². The van der Waals surface area contributed by atoms with Crippen LogP contribution in [0.1, 0.15) is 5.56 Å². The lowest BCUT2D eigenvalue weighted by atomic mass is 10.2. The lowest BCUT2D eigenvalue weighted by Gasteiger charge is -2.30. The molecule has 0 atom stereocenters. The second kappa shape index (κ2) is 4.79. The third-order valence-electron chi connectivity index (χ3n) is 3.06. The molecule has 0 unspecified atom stereocenters. The van der Waals surface area contributed by atoms with Gasteiger partial charge >= 0.3 is 0 Å². The van der Waals surface area contributed by atoms with Crippen LogP contribution in [0.3, 0.4) is 0 Å². The predicted molar refractivity (Wildman–Crippen MR) is 73.4 cm³/mol. The Morgan fingerprint density at radius 1 is 1.15 bits per heavy atom. The molecular weight excluding hydrogens is 281 g/mol. The van der Waals surface area contributed by atoms with Gasteiger partial charge in [-0.3, -0.25) is 4.31 Å². The zero-order valence-electron chi connectivity index (χ0n) is 10.5. The highest BCUT2D eigenvalue weighted by Gasteiger charge is 2.31. The molecule has 0 amide bonds. The van der Waals surface area contributed by atoms with E-state index in [1.54, 1.807) is 0 Å². The van der Waals surface area contributed by atoms with Gasteiger partial charge in [-0.25, -0.2) is 12.8 Å². The molecule has 1 heterocycles. The number of hydrogen-bond donors (Lipinski definition) is 0. The number of hydrogen-bond acceptors (Lipinski definition) is 3. The van der Waals surface area contributed by atoms with E-state index in [1.165, 1.54) is 22.5 Å². The summed E-state index contributed by atoms with van der Waals surface area (Å²) in [4.78, 5) is 0. The molecule has 0 radical (unpaired) electrons. The van der Waals surface area contributed by atoms with Crippen LogP contribution in [-0.2, 0) is 16.6 Å². The van der Waals surface area contributed by atoms with Gasteiger partial charge in [-0.15, -0.1) is 0 Å². The Bertz CT molecular complexity index is 731. The normalized spacial score (nSPS) is 16.4. The summed E-state index contributed by atoms with van der Waals surface area (Å²) in [7, 11) is -3.56. The van der Waals surface area contributed by atoms with Crippen LogP contribution in [0.4, 0.5) is 10.1 Å². The summed E-state index contributed by atoms with van der Waals surface area (Å²) in [6.07, 6.45) is 0. The number of sulfonamides is 1. The van der Waals surface area contributed by atoms with Gasteiger partial charge in [0.15, 0.2) is 0 Å². The zero-order valence-corrected chi connectivity index (χ0v) is 11.3. The van der Waals surface area contributed by atoms with Crippen molar-refractivity contribution in [3.8, 4) is 5.75 Å². The standard InChI is InChI=1S/C14H12FNO3S/c15-12-6-7-13-14(8-12)19-10-20(17,18)16(13)9-11-4-2-1-3-5-11/h1-8H,9-10H2. The van der Waals surface area contributed by atoms with Gasteiger partial charge in [0.2, 0.25) is 5.94 Å². The molecule has 0 N–H and O–H groups in total. The number of benzene rings is 2. The highest BCUT2D eigenvalue weighted by Crippen LogP contribution is 2.36. The number of fused-ring (bicyclic) bond motifs is 1. The second-order valence-corrected chi connectivity index (χ2v) is 6.32. The van der Waals surface area contributed by atoms with Crippen LogP contribution in [0.5, 0.6) is 5.75 Å². The van der Waals surface area contributed by atoms with E-state index in [2.05, 4.69) is 0 Å². The van der Waals surface area contributed by atoms with Crippen molar-refractivity contribution >= 4 is 15.7 Å². The molecule has 3 rings (SSSR count). The minimum absolute atomic E-state index is 0.200. The second-order valence-electron chi connectivity index (χ2n) is 4.48. The van der Waals surface area contributed by atoms with Gasteiger partial charge in [0.05, 0.1) is 12.2 Å². The van der Waals surface area contributed by atoms with Gasteiger partial charge in [0, 0.05) is 6.07 Å². The molecule has 0 saturated carbocycles. The van der Waals surface area contributed by atoms with Crippen LogP contribution in [0, 0.1) is 5.82 Å². The topological polar surface area (TPSA) is 46.6 Å². The third kappa shape index (κ3) is 2.34. The minimum atomic E-state index is -3.56. The zero-order chi connectivity index (χ0) is 14.2. The number of ether oxygens (including phenoxy) is 1. The molecular formula is C14H12FNO3S. The van der Waals surface area contributed by atoms with Gasteiger partial charge in [-0.05, 0) is 17.7 Å². The molecule has 4 nitrogen and oxygen atoms in total. The van der Waals surface area contributed by atoms with Gasteiger partial charge in [-0.1, -0.05) is 30.3 Å². The fourth-order valence-corrected chi connectivity index (χ4v) is 3.29. The van der Waals surface area contributed by atoms with E-state index in [9.17, 15) is 12.8 Å². The highest BCUT2D eigenvalue weighted by molar-refractivity contribution is 7.92. The van der Waals surface area contributed by atoms with Crippen LogP contribution in [0.25, 0.3) is 0 Å². The average molecular weight is 293 g/mol. The molecule has 2 aromatic rings. The first-order valence-corrected chi connectivity index (χ1v) is 7.64. The summed E-state index contributed by atoms with van der Waals surface area (Å²) in [5, 5.41) is 0. The van der Waals surface area contributed by atoms with E-state index in [0.29, 0.717) is 5.69 Å². The monoisotopic (exact) mass is 293 g/mol. The molecule has 0 aliphatic carbocycles. The van der Waals surface area contributed by atoms with Crippen molar-refractivity contribution in [2.45, 2.75) is 6.54 Å². The lowest BCUT2D eigenvalue weighted by molar-refractivity contribution is 0.366. The summed E-state index contributed by atoms with van der Waals surface area (Å²) in [5.41, 5.74) is 1.22. The summed E-state index contributed by atoms with van der Waals surface area (Å²) in [5.74, 6) is -0.686. The molecule has 0 fully saturated rings. The van der Waals surface area contributed by atoms with Crippen LogP contribution in [0.2, 0.25) is 0 Å². The highest BCUT2D eigenvalue weighted by atomic mass is 32.2. The van der Waals surface area contributed by atoms with Gasteiger partial charge < -0.3 is 4.74 Å². The first kappa shape index (κ1) is 12.9. The first-order valence-electron chi connectivity index (χ1n) is 6.03. The quantitative estimate of drug-likeness (QED) is 0.854. The maximum absolute atomic E-state index is 13.2. The fourth-order valence-electron chi connectivity index (χ4n) is 2.09. The first-order chi connectivity index (χ1) is 9.56. The van der Waals surface area contributed by atoms with Crippen molar-refractivity contribution in [1.29, 1.82) is 0 Å². The molecule has 2 aromatic carbocycles. The van der Waals surface area contributed by atoms with Gasteiger partial charge in [0.1, 0.15) is 11.6 Å². The Morgan fingerprint density at radius 3 is 2.65 bits per heavy atom. The largest absolute Gasteiger partial charge is 0.473 e. The van der Waals surface area contributed by atoms with Crippen molar-refractivity contribution in [2.24, 2.45) is 0 Å². The van der Waals surface area contributed by atoms with E-state index in [4.69, 9.17) is 4.74 Å². The molecule has 0 bridgehead atoms. The molecule has 0 saturated heterocycles. The van der Waals surface area contributed by atoms with Crippen LogP contribution in [0.15, 0.2) is 48.5 Å². The van der Waals surface area contributed by atoms with Gasteiger partial charge in [0.25, 0.3) is 10.0 Å². The van der Waals surface area contributed by atoms with E-state index in [0.717, 1.165) is 5.56 Å². The number of rotatable bonds is 2. The molecule has 6 heteroatoms. The van der Waals surface area contributed by atoms with E-state index >= 15 is 0 Å². The Labute approximate surface area is 116 Å². The Hall–Kier alpha value is -2.08. The average Bonchev–Trinajstić information content (AvgIpc) is 2.43.